The molecular formula is C52H91O12P. The predicted octanol–water partition coefficient (Wildman–Crippen LogP) is 11.1. The Kier molecular flexibility index (Phi) is 39.2. The molecule has 0 saturated heterocycles. The van der Waals surface area contributed by atoms with Gasteiger partial charge >= 0.3 is 13.8 Å². The van der Waals surface area contributed by atoms with E-state index in [1.54, 1.807) is 0 Å². The van der Waals surface area contributed by atoms with E-state index in [1.807, 2.05) is 0 Å². The number of aliphatic hydroxyl groups is 5. The Labute approximate surface area is 393 Å². The lowest BCUT2D eigenvalue weighted by atomic mass is 9.85. The molecule has 1 rings (SSSR count). The molecule has 0 heterocycles. The highest BCUT2D eigenvalue weighted by Crippen LogP contribution is 2.47. The Morgan fingerprint density at radius 1 is 0.508 bits per heavy atom. The summed E-state index contributed by atoms with van der Waals surface area (Å²) in [6.07, 6.45) is 42.5. The average Bonchev–Trinajstić information content (AvgIpc) is 3.29. The van der Waals surface area contributed by atoms with Crippen LogP contribution in [-0.4, -0.2) is 98.9 Å². The number of rotatable bonds is 42. The number of carbonyl (C=O) groups is 1. The second-order valence-corrected chi connectivity index (χ2v) is 18.7. The van der Waals surface area contributed by atoms with Crippen molar-refractivity contribution in [2.24, 2.45) is 0 Å². The van der Waals surface area contributed by atoms with Crippen molar-refractivity contribution in [2.75, 3.05) is 19.8 Å². The van der Waals surface area contributed by atoms with Crippen molar-refractivity contribution in [3.63, 3.8) is 0 Å². The molecule has 6 N–H and O–H groups in total. The van der Waals surface area contributed by atoms with Crippen LogP contribution in [0.25, 0.3) is 0 Å². The molecule has 0 spiro atoms. The predicted molar refractivity (Wildman–Crippen MR) is 262 cm³/mol. The second kappa shape index (κ2) is 41.9. The van der Waals surface area contributed by atoms with Gasteiger partial charge in [0.25, 0.3) is 0 Å². The summed E-state index contributed by atoms with van der Waals surface area (Å²) < 4.78 is 34.2. The standard InChI is InChI=1S/C52H91O12P/c1-3-5-7-9-11-13-15-17-19-20-21-22-23-24-25-26-27-28-30-32-34-36-38-40-42-61-43-45(44-62-65(59,60)64-52-50(57)48(55)47(54)49(56)51(52)58)63-46(53)41-39-37-35-33-31-29-18-16-14-12-10-8-6-4-2/h5,7,11,13,16-19,21-22,24-25,45,47-52,54-58H,3-4,6,8-10,12,14-15,20,23,26-44H2,1-2H3,(H,59,60)/b7-5-,13-11-,18-16-,19-17-,22-21-,25-24-. The van der Waals surface area contributed by atoms with Gasteiger partial charge in [0.15, 0.2) is 0 Å². The lowest BCUT2D eigenvalue weighted by molar-refractivity contribution is -0.220. The van der Waals surface area contributed by atoms with Crippen molar-refractivity contribution < 1.29 is 58.3 Å². The number of hydrogen-bond acceptors (Lipinski definition) is 11. The molecule has 376 valence electrons. The fourth-order valence-electron chi connectivity index (χ4n) is 7.32. The van der Waals surface area contributed by atoms with Crippen molar-refractivity contribution in [2.45, 2.75) is 230 Å². The highest BCUT2D eigenvalue weighted by atomic mass is 31.2. The topological polar surface area (TPSA) is 192 Å². The highest BCUT2D eigenvalue weighted by molar-refractivity contribution is 7.47. The van der Waals surface area contributed by atoms with Crippen LogP contribution in [0.2, 0.25) is 0 Å². The zero-order valence-corrected chi connectivity index (χ0v) is 41.2. The second-order valence-electron chi connectivity index (χ2n) is 17.3. The van der Waals surface area contributed by atoms with Crippen LogP contribution < -0.4 is 0 Å². The third kappa shape index (κ3) is 33.8. The van der Waals surface area contributed by atoms with E-state index in [0.717, 1.165) is 103 Å². The third-order valence-corrected chi connectivity index (χ3v) is 12.3. The molecule has 0 aliphatic heterocycles. The number of ether oxygens (including phenoxy) is 2. The van der Waals surface area contributed by atoms with Crippen LogP contribution in [0.15, 0.2) is 72.9 Å². The molecule has 0 aromatic carbocycles. The zero-order chi connectivity index (χ0) is 47.6. The fourth-order valence-corrected chi connectivity index (χ4v) is 8.29. The van der Waals surface area contributed by atoms with Crippen LogP contribution >= 0.6 is 7.82 Å². The number of carbonyl (C=O) groups excluding carboxylic acids is 1. The Morgan fingerprint density at radius 2 is 0.908 bits per heavy atom. The summed E-state index contributed by atoms with van der Waals surface area (Å²) in [5.74, 6) is -0.492. The number of phosphoric ester groups is 1. The maximum atomic E-state index is 12.8. The van der Waals surface area contributed by atoms with E-state index in [1.165, 1.54) is 57.8 Å². The van der Waals surface area contributed by atoms with Gasteiger partial charge in [-0.15, -0.1) is 0 Å². The molecular weight excluding hydrogens is 848 g/mol. The molecule has 0 bridgehead atoms. The summed E-state index contributed by atoms with van der Waals surface area (Å²) in [5, 5.41) is 50.3. The monoisotopic (exact) mass is 939 g/mol. The molecule has 13 heteroatoms. The van der Waals surface area contributed by atoms with E-state index < -0.39 is 63.1 Å². The molecule has 0 radical (unpaired) electrons. The molecule has 6 unspecified atom stereocenters. The lowest BCUT2D eigenvalue weighted by Gasteiger charge is -2.41. The van der Waals surface area contributed by atoms with Gasteiger partial charge in [-0.3, -0.25) is 13.8 Å². The summed E-state index contributed by atoms with van der Waals surface area (Å²) in [6, 6.07) is 0. The smallest absolute Gasteiger partial charge is 0.457 e. The Balaban J connectivity index is 2.34. The first-order valence-electron chi connectivity index (χ1n) is 25.3. The minimum Gasteiger partial charge on any atom is -0.457 e. The van der Waals surface area contributed by atoms with Crippen LogP contribution in [0.4, 0.5) is 0 Å². The maximum absolute atomic E-state index is 12.8. The summed E-state index contributed by atoms with van der Waals surface area (Å²) in [7, 11) is -5.03. The Bertz CT molecular complexity index is 1350. The Hall–Kier alpha value is -2.22. The molecule has 12 nitrogen and oxygen atoms in total. The fraction of sp³-hybridized carbons (Fsp3) is 0.750. The van der Waals surface area contributed by atoms with E-state index in [2.05, 4.69) is 86.8 Å². The van der Waals surface area contributed by atoms with Gasteiger partial charge in [-0.05, 0) is 83.5 Å². The number of esters is 1. The molecule has 6 atom stereocenters. The summed E-state index contributed by atoms with van der Waals surface area (Å²) >= 11 is 0. The average molecular weight is 939 g/mol. The molecule has 1 fully saturated rings. The first kappa shape index (κ1) is 60.8. The van der Waals surface area contributed by atoms with Crippen LogP contribution in [-0.2, 0) is 27.9 Å². The van der Waals surface area contributed by atoms with Crippen molar-refractivity contribution >= 4 is 13.8 Å². The van der Waals surface area contributed by atoms with Gasteiger partial charge in [0.1, 0.15) is 42.7 Å². The molecule has 0 aromatic heterocycles. The summed E-state index contributed by atoms with van der Waals surface area (Å²) in [4.78, 5) is 23.2. The molecule has 0 aromatic rings. The SMILES string of the molecule is CC/C=C\C/C=C\C/C=C\C/C=C\C/C=C\CCCCCCCCCCOCC(COP(=O)(O)OC1C(O)C(O)C(O)C(O)C1O)OC(=O)CCCCCCC/C=C\CCCCCCC. The van der Waals surface area contributed by atoms with Crippen molar-refractivity contribution in [1.82, 2.24) is 0 Å². The Morgan fingerprint density at radius 3 is 1.40 bits per heavy atom. The first-order chi connectivity index (χ1) is 31.5. The third-order valence-electron chi connectivity index (χ3n) is 11.3. The maximum Gasteiger partial charge on any atom is 0.472 e. The van der Waals surface area contributed by atoms with Gasteiger partial charge in [-0.1, -0.05) is 170 Å². The number of unbranched alkanes of at least 4 members (excludes halogenated alkanes) is 18. The molecule has 65 heavy (non-hydrogen) atoms. The van der Waals surface area contributed by atoms with Gasteiger partial charge in [0, 0.05) is 13.0 Å². The normalized spacial score (nSPS) is 22.2. The van der Waals surface area contributed by atoms with Gasteiger partial charge in [0.05, 0.1) is 13.2 Å². The zero-order valence-electron chi connectivity index (χ0n) is 40.3. The van der Waals surface area contributed by atoms with E-state index in [4.69, 9.17) is 18.5 Å². The molecule has 0 amide bonds. The lowest BCUT2D eigenvalue weighted by Crippen LogP contribution is -2.64. The summed E-state index contributed by atoms with van der Waals surface area (Å²) in [6.45, 7) is 4.11. The van der Waals surface area contributed by atoms with E-state index >= 15 is 0 Å². The van der Waals surface area contributed by atoms with Crippen LogP contribution in [0.5, 0.6) is 0 Å². The van der Waals surface area contributed by atoms with Crippen LogP contribution in [0, 0.1) is 0 Å². The van der Waals surface area contributed by atoms with E-state index in [0.29, 0.717) is 13.0 Å². The first-order valence-corrected chi connectivity index (χ1v) is 26.8. The summed E-state index contributed by atoms with van der Waals surface area (Å²) in [5.41, 5.74) is 0. The minimum atomic E-state index is -5.03. The largest absolute Gasteiger partial charge is 0.472 e. The van der Waals surface area contributed by atoms with Crippen molar-refractivity contribution in [3.8, 4) is 0 Å². The van der Waals surface area contributed by atoms with Crippen LogP contribution in [0.1, 0.15) is 187 Å². The van der Waals surface area contributed by atoms with Crippen molar-refractivity contribution in [1.29, 1.82) is 0 Å². The molecule has 1 aliphatic carbocycles. The van der Waals surface area contributed by atoms with Gasteiger partial charge < -0.3 is 39.9 Å². The van der Waals surface area contributed by atoms with E-state index in [-0.39, 0.29) is 13.0 Å². The number of phosphoric acid groups is 1. The molecule has 1 saturated carbocycles. The number of aliphatic hydroxyl groups excluding tert-OH is 5. The van der Waals surface area contributed by atoms with E-state index in [9.17, 15) is 39.8 Å². The number of hydrogen-bond donors (Lipinski definition) is 6. The van der Waals surface area contributed by atoms with Gasteiger partial charge in [0.2, 0.25) is 0 Å². The quantitative estimate of drug-likeness (QED) is 0.0147. The van der Waals surface area contributed by atoms with Crippen molar-refractivity contribution in [3.05, 3.63) is 72.9 Å². The number of allylic oxidation sites excluding steroid dienone is 12. The van der Waals surface area contributed by atoms with Crippen LogP contribution in [0.3, 0.4) is 0 Å². The minimum absolute atomic E-state index is 0.0891. The van der Waals surface area contributed by atoms with Gasteiger partial charge in [-0.2, -0.15) is 0 Å². The molecule has 1 aliphatic rings. The van der Waals surface area contributed by atoms with Gasteiger partial charge in [-0.25, -0.2) is 4.57 Å². The highest BCUT2D eigenvalue weighted by Gasteiger charge is 2.51.